The first-order valence-electron chi connectivity index (χ1n) is 8.28. The maximum absolute atomic E-state index is 13.3. The summed E-state index contributed by atoms with van der Waals surface area (Å²) >= 11 is 1.55. The van der Waals surface area contributed by atoms with Crippen molar-refractivity contribution in [3.05, 3.63) is 83.4 Å². The molecule has 4 rings (SSSR count). The van der Waals surface area contributed by atoms with Gasteiger partial charge in [0.25, 0.3) is 0 Å². The first-order chi connectivity index (χ1) is 12.7. The predicted octanol–water partition coefficient (Wildman–Crippen LogP) is 3.24. The van der Waals surface area contributed by atoms with E-state index in [4.69, 9.17) is 0 Å². The summed E-state index contributed by atoms with van der Waals surface area (Å²) in [6.07, 6.45) is 1.83. The molecule has 1 fully saturated rings. The molecule has 0 radical (unpaired) electrons. The van der Waals surface area contributed by atoms with E-state index in [1.54, 1.807) is 22.5 Å². The van der Waals surface area contributed by atoms with E-state index in [0.717, 1.165) is 16.8 Å². The molecule has 1 atom stereocenters. The van der Waals surface area contributed by atoms with Crippen molar-refractivity contribution in [2.75, 3.05) is 5.75 Å². The fraction of sp³-hybridized carbons (Fsp3) is 0.211. The summed E-state index contributed by atoms with van der Waals surface area (Å²) in [5.41, 5.74) is 2.64. The van der Waals surface area contributed by atoms with Crippen LogP contribution in [0.3, 0.4) is 0 Å². The molecule has 3 aromatic rings. The molecule has 0 aliphatic carbocycles. The lowest BCUT2D eigenvalue weighted by Crippen LogP contribution is -2.27. The van der Waals surface area contributed by atoms with E-state index in [-0.39, 0.29) is 17.1 Å². The van der Waals surface area contributed by atoms with Gasteiger partial charge in [-0.1, -0.05) is 47.7 Å². The number of carbonyl (C=O) groups excluding carboxylic acids is 1. The largest absolute Gasteiger partial charge is 0.320 e. The summed E-state index contributed by atoms with van der Waals surface area (Å²) in [5, 5.41) is 8.24. The van der Waals surface area contributed by atoms with Crippen molar-refractivity contribution in [3.8, 4) is 0 Å². The van der Waals surface area contributed by atoms with E-state index in [1.165, 1.54) is 12.1 Å². The molecule has 7 heteroatoms. The molecule has 5 nitrogen and oxygen atoms in total. The molecule has 0 spiro atoms. The molecule has 0 saturated carbocycles. The van der Waals surface area contributed by atoms with E-state index < -0.39 is 0 Å². The quantitative estimate of drug-likeness (QED) is 0.694. The van der Waals surface area contributed by atoms with Crippen molar-refractivity contribution in [1.82, 2.24) is 19.9 Å². The van der Waals surface area contributed by atoms with Gasteiger partial charge in [-0.15, -0.1) is 16.9 Å². The van der Waals surface area contributed by atoms with Crippen LogP contribution < -0.4 is 0 Å². The van der Waals surface area contributed by atoms with Crippen LogP contribution in [0.15, 0.2) is 60.8 Å². The van der Waals surface area contributed by atoms with Gasteiger partial charge >= 0.3 is 0 Å². The molecule has 1 amide bonds. The molecule has 1 saturated heterocycles. The average molecular weight is 368 g/mol. The van der Waals surface area contributed by atoms with Crippen LogP contribution in [0.4, 0.5) is 4.39 Å². The van der Waals surface area contributed by atoms with Crippen LogP contribution in [0.2, 0.25) is 0 Å². The second-order valence-corrected chi connectivity index (χ2v) is 7.21. The highest BCUT2D eigenvalue weighted by Gasteiger charge is 2.34. The van der Waals surface area contributed by atoms with Crippen LogP contribution in [0.1, 0.15) is 22.2 Å². The predicted molar refractivity (Wildman–Crippen MR) is 97.7 cm³/mol. The Kier molecular flexibility index (Phi) is 4.71. The number of aromatic nitrogens is 3. The summed E-state index contributed by atoms with van der Waals surface area (Å²) in [7, 11) is 0. The van der Waals surface area contributed by atoms with Gasteiger partial charge < -0.3 is 4.90 Å². The minimum absolute atomic E-state index is 0.100. The minimum atomic E-state index is -0.270. The molecule has 26 heavy (non-hydrogen) atoms. The molecule has 1 aliphatic rings. The summed E-state index contributed by atoms with van der Waals surface area (Å²) < 4.78 is 15.0. The van der Waals surface area contributed by atoms with Crippen LogP contribution in [0.25, 0.3) is 0 Å². The van der Waals surface area contributed by atoms with Crippen molar-refractivity contribution in [3.63, 3.8) is 0 Å². The maximum atomic E-state index is 13.3. The Hall–Kier alpha value is -2.67. The van der Waals surface area contributed by atoms with Gasteiger partial charge in [-0.05, 0) is 23.3 Å². The highest BCUT2D eigenvalue weighted by atomic mass is 32.2. The number of hydrogen-bond acceptors (Lipinski definition) is 4. The number of benzene rings is 2. The zero-order valence-electron chi connectivity index (χ0n) is 14.0. The highest BCUT2D eigenvalue weighted by Crippen LogP contribution is 2.38. The Bertz CT molecular complexity index is 915. The lowest BCUT2D eigenvalue weighted by atomic mass is 10.2. The lowest BCUT2D eigenvalue weighted by Gasteiger charge is -2.22. The SMILES string of the molecule is O=C1CSC(c2cn(Cc3cccc(F)c3)nn2)N1Cc1ccccc1. The molecule has 0 N–H and O–H groups in total. The molecule has 1 aromatic heterocycles. The van der Waals surface area contributed by atoms with Gasteiger partial charge in [-0.25, -0.2) is 9.07 Å². The topological polar surface area (TPSA) is 51.0 Å². The summed E-state index contributed by atoms with van der Waals surface area (Å²) in [6.45, 7) is 0.989. The number of nitrogens with zero attached hydrogens (tertiary/aromatic N) is 4. The molecule has 132 valence electrons. The number of rotatable bonds is 5. The Balaban J connectivity index is 1.51. The summed E-state index contributed by atoms with van der Waals surface area (Å²) in [6, 6.07) is 16.3. The second-order valence-electron chi connectivity index (χ2n) is 6.14. The third-order valence-electron chi connectivity index (χ3n) is 4.21. The van der Waals surface area contributed by atoms with Crippen molar-refractivity contribution in [2.24, 2.45) is 0 Å². The summed E-state index contributed by atoms with van der Waals surface area (Å²) in [4.78, 5) is 14.1. The number of carbonyl (C=O) groups is 1. The first kappa shape index (κ1) is 16.8. The number of thioether (sulfide) groups is 1. The average Bonchev–Trinajstić information content (AvgIpc) is 3.23. The number of hydrogen-bond donors (Lipinski definition) is 0. The molecule has 1 aliphatic heterocycles. The first-order valence-corrected chi connectivity index (χ1v) is 9.33. The van der Waals surface area contributed by atoms with Crippen LogP contribution in [-0.2, 0) is 17.9 Å². The molecule has 2 aromatic carbocycles. The van der Waals surface area contributed by atoms with E-state index in [1.807, 2.05) is 47.5 Å². The van der Waals surface area contributed by atoms with Crippen molar-refractivity contribution in [2.45, 2.75) is 18.5 Å². The molecule has 1 unspecified atom stereocenters. The fourth-order valence-corrected chi connectivity index (χ4v) is 4.09. The third kappa shape index (κ3) is 3.62. The molecular formula is C19H17FN4OS. The van der Waals surface area contributed by atoms with Crippen molar-refractivity contribution < 1.29 is 9.18 Å². The lowest BCUT2D eigenvalue weighted by molar-refractivity contribution is -0.128. The van der Waals surface area contributed by atoms with Gasteiger partial charge in [0.05, 0.1) is 18.5 Å². The zero-order chi connectivity index (χ0) is 17.9. The van der Waals surface area contributed by atoms with Gasteiger partial charge in [-0.3, -0.25) is 4.79 Å². The number of amides is 1. The van der Waals surface area contributed by atoms with Crippen molar-refractivity contribution >= 4 is 17.7 Å². The van der Waals surface area contributed by atoms with Crippen LogP contribution >= 0.6 is 11.8 Å². The van der Waals surface area contributed by atoms with Crippen LogP contribution in [-0.4, -0.2) is 31.6 Å². The number of halogens is 1. The summed E-state index contributed by atoms with van der Waals surface area (Å²) in [5.74, 6) is 0.270. The van der Waals surface area contributed by atoms with Gasteiger partial charge in [0.2, 0.25) is 5.91 Å². The minimum Gasteiger partial charge on any atom is -0.320 e. The van der Waals surface area contributed by atoms with Gasteiger partial charge in [-0.2, -0.15) is 0 Å². The Morgan fingerprint density at radius 1 is 1.08 bits per heavy atom. The monoisotopic (exact) mass is 368 g/mol. The van der Waals surface area contributed by atoms with Crippen LogP contribution in [0.5, 0.6) is 0 Å². The van der Waals surface area contributed by atoms with E-state index >= 15 is 0 Å². The van der Waals surface area contributed by atoms with Gasteiger partial charge in [0.1, 0.15) is 16.9 Å². The Labute approximate surface area is 154 Å². The maximum Gasteiger partial charge on any atom is 0.234 e. The highest BCUT2D eigenvalue weighted by molar-refractivity contribution is 8.00. The second kappa shape index (κ2) is 7.29. The molecule has 0 bridgehead atoms. The zero-order valence-corrected chi connectivity index (χ0v) is 14.8. The van der Waals surface area contributed by atoms with Gasteiger partial charge in [0.15, 0.2) is 0 Å². The third-order valence-corrected chi connectivity index (χ3v) is 5.43. The smallest absolute Gasteiger partial charge is 0.234 e. The standard InChI is InChI=1S/C19H17FN4OS/c20-16-8-4-7-15(9-16)10-23-12-17(21-22-23)19-24(18(25)13-26-19)11-14-5-2-1-3-6-14/h1-9,12,19H,10-11,13H2. The fourth-order valence-electron chi connectivity index (χ4n) is 2.98. The van der Waals surface area contributed by atoms with Crippen LogP contribution in [0, 0.1) is 5.82 Å². The van der Waals surface area contributed by atoms with E-state index in [9.17, 15) is 9.18 Å². The van der Waals surface area contributed by atoms with Gasteiger partial charge in [0, 0.05) is 6.54 Å². The molecular weight excluding hydrogens is 351 g/mol. The molecule has 2 heterocycles. The van der Waals surface area contributed by atoms with E-state index in [0.29, 0.717) is 18.8 Å². The Morgan fingerprint density at radius 3 is 2.69 bits per heavy atom. The Morgan fingerprint density at radius 2 is 1.88 bits per heavy atom. The van der Waals surface area contributed by atoms with Crippen molar-refractivity contribution in [1.29, 1.82) is 0 Å². The van der Waals surface area contributed by atoms with E-state index in [2.05, 4.69) is 10.3 Å². The normalized spacial score (nSPS) is 17.0.